The van der Waals surface area contributed by atoms with Crippen molar-refractivity contribution in [1.29, 1.82) is 0 Å². The van der Waals surface area contributed by atoms with E-state index in [2.05, 4.69) is 25.2 Å². The number of hydrogen-bond donors (Lipinski definition) is 3. The summed E-state index contributed by atoms with van der Waals surface area (Å²) in [4.78, 5) is 5.13. The molecule has 0 atom stereocenters. The molecule has 3 N–H and O–H groups in total. The summed E-state index contributed by atoms with van der Waals surface area (Å²) >= 11 is 1.42. The van der Waals surface area contributed by atoms with E-state index in [0.29, 0.717) is 12.4 Å². The van der Waals surface area contributed by atoms with E-state index in [-0.39, 0.29) is 11.4 Å². The van der Waals surface area contributed by atoms with Gasteiger partial charge in [-0.15, -0.1) is 11.3 Å². The minimum Gasteiger partial charge on any atom is -0.312 e. The Labute approximate surface area is 115 Å². The fourth-order valence-corrected chi connectivity index (χ4v) is 3.64. The van der Waals surface area contributed by atoms with Gasteiger partial charge < -0.3 is 5.32 Å². The van der Waals surface area contributed by atoms with Gasteiger partial charge >= 0.3 is 0 Å². The van der Waals surface area contributed by atoms with E-state index in [1.165, 1.54) is 17.7 Å². The number of aromatic nitrogens is 3. The average molecular weight is 301 g/mol. The first-order valence-electron chi connectivity index (χ1n) is 5.74. The number of thiophene rings is 1. The smallest absolute Gasteiger partial charge is 0.241 e. The van der Waals surface area contributed by atoms with E-state index < -0.39 is 10.0 Å². The van der Waals surface area contributed by atoms with Crippen molar-refractivity contribution >= 4 is 21.4 Å². The van der Waals surface area contributed by atoms with Crippen LogP contribution in [0.5, 0.6) is 0 Å². The van der Waals surface area contributed by atoms with E-state index in [9.17, 15) is 8.42 Å². The highest BCUT2D eigenvalue weighted by Crippen LogP contribution is 2.19. The number of sulfonamides is 1. The molecule has 0 aliphatic heterocycles. The van der Waals surface area contributed by atoms with Gasteiger partial charge in [-0.1, -0.05) is 6.92 Å². The molecular weight excluding hydrogens is 286 g/mol. The Morgan fingerprint density at radius 2 is 2.26 bits per heavy atom. The Bertz CT molecular complexity index is 606. The van der Waals surface area contributed by atoms with Gasteiger partial charge in [0.15, 0.2) is 0 Å². The van der Waals surface area contributed by atoms with Crippen LogP contribution < -0.4 is 10.0 Å². The molecule has 9 heteroatoms. The average Bonchev–Trinajstić information content (AvgIpc) is 3.05. The van der Waals surface area contributed by atoms with Crippen LogP contribution in [0, 0.1) is 0 Å². The van der Waals surface area contributed by atoms with Crippen LogP contribution >= 0.6 is 11.3 Å². The molecule has 0 aliphatic rings. The summed E-state index contributed by atoms with van der Waals surface area (Å²) in [6.45, 7) is 3.63. The Balaban J connectivity index is 2.00. The summed E-state index contributed by atoms with van der Waals surface area (Å²) in [7, 11) is -3.50. The van der Waals surface area contributed by atoms with E-state index in [1.54, 1.807) is 11.4 Å². The summed E-state index contributed by atoms with van der Waals surface area (Å²) in [6, 6.07) is 1.68. The van der Waals surface area contributed by atoms with Crippen LogP contribution in [-0.2, 0) is 23.1 Å². The highest BCUT2D eigenvalue weighted by molar-refractivity contribution is 7.89. The monoisotopic (exact) mass is 301 g/mol. The highest BCUT2D eigenvalue weighted by Gasteiger charge is 2.16. The predicted molar refractivity (Wildman–Crippen MR) is 72.1 cm³/mol. The molecule has 0 saturated carbocycles. The minimum atomic E-state index is -3.50. The first-order chi connectivity index (χ1) is 9.12. The number of hydrogen-bond acceptors (Lipinski definition) is 6. The summed E-state index contributed by atoms with van der Waals surface area (Å²) < 4.78 is 26.5. The highest BCUT2D eigenvalue weighted by atomic mass is 32.2. The van der Waals surface area contributed by atoms with Crippen LogP contribution in [0.15, 0.2) is 22.7 Å². The molecule has 2 rings (SSSR count). The maximum absolute atomic E-state index is 12.0. The molecule has 2 aromatic rings. The fraction of sp³-hybridized carbons (Fsp3) is 0.400. The van der Waals surface area contributed by atoms with Gasteiger partial charge in [-0.25, -0.2) is 18.1 Å². The lowest BCUT2D eigenvalue weighted by Crippen LogP contribution is -2.23. The fourth-order valence-electron chi connectivity index (χ4n) is 1.40. The van der Waals surface area contributed by atoms with Crippen LogP contribution in [0.1, 0.15) is 17.6 Å². The number of nitrogens with zero attached hydrogens (tertiary/aromatic N) is 2. The molecule has 2 heterocycles. The maximum Gasteiger partial charge on any atom is 0.241 e. The molecule has 19 heavy (non-hydrogen) atoms. The van der Waals surface area contributed by atoms with Crippen molar-refractivity contribution in [2.45, 2.75) is 24.9 Å². The SMILES string of the molecule is CCNCc1cc(S(=O)(=O)NCc2ncn[nH]2)cs1. The number of rotatable bonds is 7. The lowest BCUT2D eigenvalue weighted by Gasteiger charge is -2.02. The molecule has 0 unspecified atom stereocenters. The van der Waals surface area contributed by atoms with Crippen LogP contribution in [0.2, 0.25) is 0 Å². The second-order valence-corrected chi connectivity index (χ2v) is 6.55. The van der Waals surface area contributed by atoms with Crippen molar-refractivity contribution in [3.63, 3.8) is 0 Å². The number of nitrogens with one attached hydrogen (secondary N) is 3. The summed E-state index contributed by atoms with van der Waals surface area (Å²) in [5.41, 5.74) is 0. The normalized spacial score (nSPS) is 11.8. The molecule has 2 aromatic heterocycles. The van der Waals surface area contributed by atoms with Crippen molar-refractivity contribution in [3.8, 4) is 0 Å². The van der Waals surface area contributed by atoms with Gasteiger partial charge in [0.2, 0.25) is 10.0 Å². The second kappa shape index (κ2) is 6.24. The Morgan fingerprint density at radius 1 is 1.42 bits per heavy atom. The molecular formula is C10H15N5O2S2. The lowest BCUT2D eigenvalue weighted by atomic mass is 10.4. The van der Waals surface area contributed by atoms with E-state index in [4.69, 9.17) is 0 Å². The van der Waals surface area contributed by atoms with E-state index >= 15 is 0 Å². The molecule has 7 nitrogen and oxygen atoms in total. The van der Waals surface area contributed by atoms with Crippen LogP contribution in [0.4, 0.5) is 0 Å². The van der Waals surface area contributed by atoms with Crippen LogP contribution in [0.25, 0.3) is 0 Å². The molecule has 0 radical (unpaired) electrons. The van der Waals surface area contributed by atoms with Crippen LogP contribution in [-0.4, -0.2) is 30.1 Å². The zero-order chi connectivity index (χ0) is 13.7. The minimum absolute atomic E-state index is 0.0979. The summed E-state index contributed by atoms with van der Waals surface area (Å²) in [5.74, 6) is 0.478. The first kappa shape index (κ1) is 14.1. The standard InChI is InChI=1S/C10H15N5O2S2/c1-2-11-4-8-3-9(6-18-8)19(16,17)14-5-10-12-7-13-15-10/h3,6-7,11,14H,2,4-5H2,1H3,(H,12,13,15). The van der Waals surface area contributed by atoms with Gasteiger partial charge in [0.1, 0.15) is 12.2 Å². The van der Waals surface area contributed by atoms with Crippen LogP contribution in [0.3, 0.4) is 0 Å². The van der Waals surface area contributed by atoms with Gasteiger partial charge in [0, 0.05) is 16.8 Å². The Hall–Kier alpha value is -1.29. The van der Waals surface area contributed by atoms with Gasteiger partial charge in [0.25, 0.3) is 0 Å². The zero-order valence-electron chi connectivity index (χ0n) is 10.4. The molecule has 104 valence electrons. The van der Waals surface area contributed by atoms with Crippen molar-refractivity contribution in [1.82, 2.24) is 25.2 Å². The quantitative estimate of drug-likeness (QED) is 0.689. The van der Waals surface area contributed by atoms with Crippen molar-refractivity contribution < 1.29 is 8.42 Å². The van der Waals surface area contributed by atoms with Gasteiger partial charge in [-0.2, -0.15) is 5.10 Å². The molecule has 0 aromatic carbocycles. The van der Waals surface area contributed by atoms with Crippen molar-refractivity contribution in [2.75, 3.05) is 6.54 Å². The predicted octanol–water partition coefficient (Wildman–Crippen LogP) is 0.454. The Kier molecular flexibility index (Phi) is 4.64. The van der Waals surface area contributed by atoms with E-state index in [0.717, 1.165) is 11.4 Å². The first-order valence-corrected chi connectivity index (χ1v) is 8.10. The molecule has 0 spiro atoms. The second-order valence-electron chi connectivity index (χ2n) is 3.79. The zero-order valence-corrected chi connectivity index (χ0v) is 12.0. The molecule has 0 aliphatic carbocycles. The van der Waals surface area contributed by atoms with Gasteiger partial charge in [-0.3, -0.25) is 5.10 Å². The molecule has 0 bridgehead atoms. The van der Waals surface area contributed by atoms with Crippen molar-refractivity contribution in [3.05, 3.63) is 28.5 Å². The lowest BCUT2D eigenvalue weighted by molar-refractivity contribution is 0.579. The summed E-state index contributed by atoms with van der Waals surface area (Å²) in [6.07, 6.45) is 1.34. The Morgan fingerprint density at radius 3 is 2.95 bits per heavy atom. The molecule has 0 fully saturated rings. The van der Waals surface area contributed by atoms with Crippen molar-refractivity contribution in [2.24, 2.45) is 0 Å². The largest absolute Gasteiger partial charge is 0.312 e. The van der Waals surface area contributed by atoms with E-state index in [1.807, 2.05) is 6.92 Å². The number of aromatic amines is 1. The topological polar surface area (TPSA) is 99.8 Å². The summed E-state index contributed by atoms with van der Waals surface area (Å²) in [5, 5.41) is 11.0. The third kappa shape index (κ3) is 3.83. The maximum atomic E-state index is 12.0. The third-order valence-electron chi connectivity index (χ3n) is 2.38. The third-order valence-corrected chi connectivity index (χ3v) is 4.85. The molecule has 0 saturated heterocycles. The molecule has 0 amide bonds. The van der Waals surface area contributed by atoms with Gasteiger partial charge in [0.05, 0.1) is 11.4 Å². The van der Waals surface area contributed by atoms with Gasteiger partial charge in [-0.05, 0) is 12.6 Å². The number of H-pyrrole nitrogens is 1.